The molecule has 0 radical (unpaired) electrons. The molecule has 2 rings (SSSR count). The average molecular weight is 336 g/mol. The number of carboxylic acids is 1. The van der Waals surface area contributed by atoms with E-state index in [1.54, 1.807) is 36.7 Å². The van der Waals surface area contributed by atoms with E-state index in [0.717, 1.165) is 0 Å². The lowest BCUT2D eigenvalue weighted by Crippen LogP contribution is -2.51. The van der Waals surface area contributed by atoms with Gasteiger partial charge in [0.1, 0.15) is 5.54 Å². The third-order valence-corrected chi connectivity index (χ3v) is 4.22. The van der Waals surface area contributed by atoms with Crippen molar-refractivity contribution in [3.05, 3.63) is 46.7 Å². The Hall–Kier alpha value is -2.34. The molecule has 2 aromatic rings. The molecule has 2 N–H and O–H groups in total. The molecule has 1 atom stereocenters. The minimum Gasteiger partial charge on any atom is -0.480 e. The van der Waals surface area contributed by atoms with Crippen LogP contribution in [0.5, 0.6) is 0 Å². The number of benzene rings is 1. The molecule has 0 saturated carbocycles. The van der Waals surface area contributed by atoms with Crippen molar-refractivity contribution in [2.24, 2.45) is 0 Å². The molecular formula is C16H18ClN3O3. The smallest absolute Gasteiger partial charge is 0.329 e. The van der Waals surface area contributed by atoms with Crippen LogP contribution in [0.25, 0.3) is 5.69 Å². The van der Waals surface area contributed by atoms with Gasteiger partial charge in [0, 0.05) is 0 Å². The summed E-state index contributed by atoms with van der Waals surface area (Å²) in [5.74, 6) is -1.56. The Labute approximate surface area is 139 Å². The van der Waals surface area contributed by atoms with Crippen LogP contribution in [0.15, 0.2) is 30.5 Å². The summed E-state index contributed by atoms with van der Waals surface area (Å²) in [6.45, 7) is 4.91. The molecule has 6 nitrogen and oxygen atoms in total. The fourth-order valence-corrected chi connectivity index (χ4v) is 2.33. The fourth-order valence-electron chi connectivity index (χ4n) is 2.11. The molecule has 1 heterocycles. The van der Waals surface area contributed by atoms with E-state index in [2.05, 4.69) is 10.4 Å². The van der Waals surface area contributed by atoms with E-state index in [9.17, 15) is 14.7 Å². The van der Waals surface area contributed by atoms with Crippen LogP contribution in [0.1, 0.15) is 36.3 Å². The van der Waals surface area contributed by atoms with Crippen molar-refractivity contribution >= 4 is 23.5 Å². The summed E-state index contributed by atoms with van der Waals surface area (Å²) in [5, 5.41) is 16.5. The highest BCUT2D eigenvalue weighted by Gasteiger charge is 2.33. The lowest BCUT2D eigenvalue weighted by Gasteiger charge is -2.24. The molecule has 1 aromatic carbocycles. The summed E-state index contributed by atoms with van der Waals surface area (Å²) >= 11 is 6.15. The number of aromatic nitrogens is 2. The van der Waals surface area contributed by atoms with Gasteiger partial charge in [-0.2, -0.15) is 5.10 Å². The zero-order valence-electron chi connectivity index (χ0n) is 13.1. The lowest BCUT2D eigenvalue weighted by molar-refractivity contribution is -0.143. The SMILES string of the molecule is CCC(C)(NC(=O)c1cnn(-c2ccccc2Cl)c1C)C(=O)O. The molecular weight excluding hydrogens is 318 g/mol. The maximum atomic E-state index is 12.4. The summed E-state index contributed by atoms with van der Waals surface area (Å²) in [6.07, 6.45) is 1.68. The molecule has 7 heteroatoms. The third-order valence-electron chi connectivity index (χ3n) is 3.90. The van der Waals surface area contributed by atoms with Crippen molar-refractivity contribution in [1.29, 1.82) is 0 Å². The molecule has 122 valence electrons. The van der Waals surface area contributed by atoms with Crippen LogP contribution in [0, 0.1) is 6.92 Å². The Morgan fingerprint density at radius 1 is 1.39 bits per heavy atom. The number of carbonyl (C=O) groups excluding carboxylic acids is 1. The van der Waals surface area contributed by atoms with Gasteiger partial charge in [0.2, 0.25) is 0 Å². The quantitative estimate of drug-likeness (QED) is 0.880. The second-order valence-electron chi connectivity index (χ2n) is 5.45. The first-order chi connectivity index (χ1) is 10.8. The monoisotopic (exact) mass is 335 g/mol. The highest BCUT2D eigenvalue weighted by molar-refractivity contribution is 6.32. The zero-order chi connectivity index (χ0) is 17.2. The van der Waals surface area contributed by atoms with E-state index in [4.69, 9.17) is 11.6 Å². The third kappa shape index (κ3) is 3.22. The van der Waals surface area contributed by atoms with Crippen LogP contribution in [-0.4, -0.2) is 32.3 Å². The summed E-state index contributed by atoms with van der Waals surface area (Å²) in [4.78, 5) is 23.7. The first-order valence-electron chi connectivity index (χ1n) is 7.15. The number of amides is 1. The van der Waals surface area contributed by atoms with Crippen molar-refractivity contribution in [2.75, 3.05) is 0 Å². The Morgan fingerprint density at radius 3 is 2.61 bits per heavy atom. The van der Waals surface area contributed by atoms with Gasteiger partial charge >= 0.3 is 5.97 Å². The van der Waals surface area contributed by atoms with Crippen molar-refractivity contribution in [2.45, 2.75) is 32.7 Å². The standard InChI is InChI=1S/C16H18ClN3O3/c1-4-16(3,15(22)23)19-14(21)11-9-18-20(10(11)2)13-8-6-5-7-12(13)17/h5-9H,4H2,1-3H3,(H,19,21)(H,22,23). The number of rotatable bonds is 5. The number of aliphatic carboxylic acids is 1. The van der Waals surface area contributed by atoms with Gasteiger partial charge in [-0.3, -0.25) is 4.79 Å². The van der Waals surface area contributed by atoms with Crippen LogP contribution in [0.3, 0.4) is 0 Å². The fraction of sp³-hybridized carbons (Fsp3) is 0.312. The van der Waals surface area contributed by atoms with Gasteiger partial charge in [0.15, 0.2) is 0 Å². The number of nitrogens with one attached hydrogen (secondary N) is 1. The molecule has 0 fully saturated rings. The van der Waals surface area contributed by atoms with Gasteiger partial charge in [0.05, 0.1) is 28.2 Å². The maximum absolute atomic E-state index is 12.4. The highest BCUT2D eigenvalue weighted by Crippen LogP contribution is 2.22. The molecule has 0 aliphatic rings. The lowest BCUT2D eigenvalue weighted by atomic mass is 9.98. The zero-order valence-corrected chi connectivity index (χ0v) is 13.9. The van der Waals surface area contributed by atoms with Gasteiger partial charge in [-0.25, -0.2) is 9.48 Å². The number of para-hydroxylation sites is 1. The number of nitrogens with zero attached hydrogens (tertiary/aromatic N) is 2. The number of carbonyl (C=O) groups is 2. The van der Waals surface area contributed by atoms with Gasteiger partial charge in [-0.05, 0) is 32.4 Å². The van der Waals surface area contributed by atoms with Crippen LogP contribution >= 0.6 is 11.6 Å². The number of hydrogen-bond acceptors (Lipinski definition) is 3. The predicted octanol–water partition coefficient (Wildman–Crippen LogP) is 2.82. The largest absolute Gasteiger partial charge is 0.480 e. The van der Waals surface area contributed by atoms with Crippen LogP contribution < -0.4 is 5.32 Å². The first kappa shape index (κ1) is 17.0. The van der Waals surface area contributed by atoms with Crippen molar-refractivity contribution < 1.29 is 14.7 Å². The highest BCUT2D eigenvalue weighted by atomic mass is 35.5. The van der Waals surface area contributed by atoms with E-state index >= 15 is 0 Å². The molecule has 1 amide bonds. The molecule has 0 aliphatic carbocycles. The molecule has 0 aliphatic heterocycles. The van der Waals surface area contributed by atoms with Crippen LogP contribution in [0.4, 0.5) is 0 Å². The summed E-state index contributed by atoms with van der Waals surface area (Å²) in [5.41, 5.74) is 0.225. The molecule has 0 spiro atoms. The van der Waals surface area contributed by atoms with E-state index in [1.165, 1.54) is 13.1 Å². The number of halogens is 1. The van der Waals surface area contributed by atoms with Crippen LogP contribution in [0.2, 0.25) is 5.02 Å². The predicted molar refractivity (Wildman–Crippen MR) is 87.1 cm³/mol. The summed E-state index contributed by atoms with van der Waals surface area (Å²) < 4.78 is 1.56. The van der Waals surface area contributed by atoms with E-state index in [0.29, 0.717) is 22.0 Å². The van der Waals surface area contributed by atoms with E-state index in [1.807, 2.05) is 6.07 Å². The summed E-state index contributed by atoms with van der Waals surface area (Å²) in [6, 6.07) is 7.15. The van der Waals surface area contributed by atoms with E-state index in [-0.39, 0.29) is 6.42 Å². The Balaban J connectivity index is 2.35. The van der Waals surface area contributed by atoms with Crippen molar-refractivity contribution in [3.63, 3.8) is 0 Å². The topological polar surface area (TPSA) is 84.2 Å². The second-order valence-corrected chi connectivity index (χ2v) is 5.86. The molecule has 0 saturated heterocycles. The maximum Gasteiger partial charge on any atom is 0.329 e. The molecule has 23 heavy (non-hydrogen) atoms. The second kappa shape index (κ2) is 6.42. The normalized spacial score (nSPS) is 13.4. The number of hydrogen-bond donors (Lipinski definition) is 2. The van der Waals surface area contributed by atoms with E-state index < -0.39 is 17.4 Å². The van der Waals surface area contributed by atoms with Crippen molar-refractivity contribution in [3.8, 4) is 5.69 Å². The summed E-state index contributed by atoms with van der Waals surface area (Å²) in [7, 11) is 0. The Kier molecular flexibility index (Phi) is 4.75. The minimum absolute atomic E-state index is 0.270. The molecule has 1 unspecified atom stereocenters. The average Bonchev–Trinajstić information content (AvgIpc) is 2.89. The van der Waals surface area contributed by atoms with Gasteiger partial charge in [-0.15, -0.1) is 0 Å². The Morgan fingerprint density at radius 2 is 2.04 bits per heavy atom. The number of carboxylic acid groups (broad SMARTS) is 1. The minimum atomic E-state index is -1.32. The Bertz CT molecular complexity index is 757. The molecule has 1 aromatic heterocycles. The first-order valence-corrected chi connectivity index (χ1v) is 7.53. The van der Waals surface area contributed by atoms with Crippen molar-refractivity contribution in [1.82, 2.24) is 15.1 Å². The van der Waals surface area contributed by atoms with Gasteiger partial charge in [-0.1, -0.05) is 30.7 Å². The van der Waals surface area contributed by atoms with Gasteiger partial charge in [0.25, 0.3) is 5.91 Å². The van der Waals surface area contributed by atoms with Crippen LogP contribution in [-0.2, 0) is 4.79 Å². The van der Waals surface area contributed by atoms with Gasteiger partial charge < -0.3 is 10.4 Å². The molecule has 0 bridgehead atoms.